The zero-order chi connectivity index (χ0) is 16.2. The fraction of sp³-hybridized carbons (Fsp3) is 0.588. The molecule has 1 N–H and O–H groups in total. The van der Waals surface area contributed by atoms with E-state index in [-0.39, 0.29) is 11.8 Å². The van der Waals surface area contributed by atoms with Gasteiger partial charge in [0.15, 0.2) is 6.79 Å². The van der Waals surface area contributed by atoms with Gasteiger partial charge < -0.3 is 14.8 Å². The number of piperidine rings is 1. The van der Waals surface area contributed by atoms with Gasteiger partial charge in [0.1, 0.15) is 5.75 Å². The average Bonchev–Trinajstić information content (AvgIpc) is 2.55. The molecule has 0 unspecified atom stereocenters. The van der Waals surface area contributed by atoms with Crippen LogP contribution in [0.5, 0.6) is 5.75 Å². The third kappa shape index (κ3) is 3.97. The van der Waals surface area contributed by atoms with Crippen LogP contribution in [0.1, 0.15) is 30.9 Å². The van der Waals surface area contributed by atoms with Crippen LogP contribution in [0.4, 0.5) is 0 Å². The Morgan fingerprint density at radius 1 is 1.39 bits per heavy atom. The molecular formula is C17H23ClN2O3. The van der Waals surface area contributed by atoms with Gasteiger partial charge in [-0.05, 0) is 45.0 Å². The van der Waals surface area contributed by atoms with Crippen molar-refractivity contribution in [2.24, 2.45) is 5.92 Å². The predicted molar refractivity (Wildman–Crippen MR) is 88.4 cm³/mol. The van der Waals surface area contributed by atoms with Gasteiger partial charge in [-0.25, -0.2) is 0 Å². The standard InChI is InChI=1S/C17H23ClN2O3/c1-2-19-17(21)12-3-5-20(6-4-12)9-13-7-15(18)8-14-10-22-11-23-16(13)14/h7-8,12H,2-6,9-11H2,1H3,(H,19,21). The van der Waals surface area contributed by atoms with Crippen LogP contribution in [0.3, 0.4) is 0 Å². The summed E-state index contributed by atoms with van der Waals surface area (Å²) in [5.41, 5.74) is 2.11. The number of carbonyl (C=O) groups excluding carboxylic acids is 1. The van der Waals surface area contributed by atoms with E-state index in [2.05, 4.69) is 10.2 Å². The van der Waals surface area contributed by atoms with E-state index in [4.69, 9.17) is 21.1 Å². The van der Waals surface area contributed by atoms with E-state index >= 15 is 0 Å². The number of nitrogens with one attached hydrogen (secondary N) is 1. The molecule has 23 heavy (non-hydrogen) atoms. The lowest BCUT2D eigenvalue weighted by atomic mass is 9.95. The van der Waals surface area contributed by atoms with Gasteiger partial charge in [0.2, 0.25) is 5.91 Å². The van der Waals surface area contributed by atoms with Gasteiger partial charge in [-0.2, -0.15) is 0 Å². The number of nitrogens with zero attached hydrogens (tertiary/aromatic N) is 1. The Labute approximate surface area is 141 Å². The first kappa shape index (κ1) is 16.6. The van der Waals surface area contributed by atoms with Gasteiger partial charge in [-0.15, -0.1) is 0 Å². The van der Waals surface area contributed by atoms with Crippen LogP contribution in [-0.2, 0) is 22.7 Å². The molecule has 6 heteroatoms. The number of halogens is 1. The summed E-state index contributed by atoms with van der Waals surface area (Å²) in [7, 11) is 0. The Balaban J connectivity index is 1.63. The second kappa shape index (κ2) is 7.51. The molecular weight excluding hydrogens is 316 g/mol. The average molecular weight is 339 g/mol. The van der Waals surface area contributed by atoms with E-state index in [0.717, 1.165) is 49.4 Å². The van der Waals surface area contributed by atoms with E-state index in [1.54, 1.807) is 0 Å². The number of benzene rings is 1. The van der Waals surface area contributed by atoms with Crippen molar-refractivity contribution in [3.63, 3.8) is 0 Å². The first-order valence-corrected chi connectivity index (χ1v) is 8.57. The molecule has 126 valence electrons. The number of rotatable bonds is 4. The number of hydrogen-bond acceptors (Lipinski definition) is 4. The van der Waals surface area contributed by atoms with Crippen LogP contribution in [0.2, 0.25) is 5.02 Å². The maximum absolute atomic E-state index is 11.9. The first-order chi connectivity index (χ1) is 11.2. The largest absolute Gasteiger partial charge is 0.467 e. The molecule has 0 saturated carbocycles. The van der Waals surface area contributed by atoms with Crippen molar-refractivity contribution in [1.29, 1.82) is 0 Å². The Bertz CT molecular complexity index is 571. The minimum Gasteiger partial charge on any atom is -0.467 e. The van der Waals surface area contributed by atoms with Crippen LogP contribution in [0.15, 0.2) is 12.1 Å². The molecule has 2 heterocycles. The number of likely N-dealkylation sites (tertiary alicyclic amines) is 1. The molecule has 1 aromatic rings. The van der Waals surface area contributed by atoms with Crippen LogP contribution in [0, 0.1) is 5.92 Å². The number of ether oxygens (including phenoxy) is 2. The topological polar surface area (TPSA) is 50.8 Å². The predicted octanol–water partition coefficient (Wildman–Crippen LogP) is 2.55. The highest BCUT2D eigenvalue weighted by Gasteiger charge is 2.26. The molecule has 3 rings (SSSR count). The van der Waals surface area contributed by atoms with Crippen molar-refractivity contribution in [3.05, 3.63) is 28.3 Å². The number of carbonyl (C=O) groups is 1. The molecule has 0 atom stereocenters. The summed E-state index contributed by atoms with van der Waals surface area (Å²) in [6.07, 6.45) is 1.80. The second-order valence-corrected chi connectivity index (χ2v) is 6.55. The zero-order valence-corrected chi connectivity index (χ0v) is 14.2. The fourth-order valence-corrected chi connectivity index (χ4v) is 3.55. The Hall–Kier alpha value is -1.30. The van der Waals surface area contributed by atoms with Crippen LogP contribution >= 0.6 is 11.6 Å². The molecule has 1 saturated heterocycles. The van der Waals surface area contributed by atoms with Crippen LogP contribution in [0.25, 0.3) is 0 Å². The van der Waals surface area contributed by atoms with Gasteiger partial charge in [0.25, 0.3) is 0 Å². The number of hydrogen-bond donors (Lipinski definition) is 1. The third-order valence-electron chi connectivity index (χ3n) is 4.46. The lowest BCUT2D eigenvalue weighted by Crippen LogP contribution is -2.40. The van der Waals surface area contributed by atoms with Crippen molar-refractivity contribution in [2.75, 3.05) is 26.4 Å². The summed E-state index contributed by atoms with van der Waals surface area (Å²) in [4.78, 5) is 14.3. The second-order valence-electron chi connectivity index (χ2n) is 6.11. The van der Waals surface area contributed by atoms with Gasteiger partial charge in [-0.3, -0.25) is 9.69 Å². The number of fused-ring (bicyclic) bond motifs is 1. The normalized spacial score (nSPS) is 19.0. The molecule has 1 fully saturated rings. The van der Waals surface area contributed by atoms with Gasteiger partial charge >= 0.3 is 0 Å². The Kier molecular flexibility index (Phi) is 5.41. The summed E-state index contributed by atoms with van der Waals surface area (Å²) in [5.74, 6) is 1.24. The number of amides is 1. The summed E-state index contributed by atoms with van der Waals surface area (Å²) >= 11 is 6.22. The maximum atomic E-state index is 11.9. The van der Waals surface area contributed by atoms with Crippen LogP contribution < -0.4 is 10.1 Å². The highest BCUT2D eigenvalue weighted by atomic mass is 35.5. The summed E-state index contributed by atoms with van der Waals surface area (Å²) < 4.78 is 11.0. The first-order valence-electron chi connectivity index (χ1n) is 8.19. The van der Waals surface area contributed by atoms with Gasteiger partial charge in [0.05, 0.1) is 6.61 Å². The molecule has 5 nitrogen and oxygen atoms in total. The molecule has 2 aliphatic heterocycles. The molecule has 0 bridgehead atoms. The van der Waals surface area contributed by atoms with E-state index in [1.165, 1.54) is 0 Å². The lowest BCUT2D eigenvalue weighted by molar-refractivity contribution is -0.126. The molecule has 0 aromatic heterocycles. The van der Waals surface area contributed by atoms with Crippen molar-refractivity contribution >= 4 is 17.5 Å². The molecule has 1 amide bonds. The fourth-order valence-electron chi connectivity index (χ4n) is 3.29. The van der Waals surface area contributed by atoms with Gasteiger partial charge in [0, 0.05) is 35.2 Å². The lowest BCUT2D eigenvalue weighted by Gasteiger charge is -2.32. The minimum atomic E-state index is 0.143. The smallest absolute Gasteiger partial charge is 0.223 e. The Morgan fingerprint density at radius 3 is 2.91 bits per heavy atom. The molecule has 1 aromatic carbocycles. The third-order valence-corrected chi connectivity index (χ3v) is 4.67. The van der Waals surface area contributed by atoms with Crippen molar-refractivity contribution in [2.45, 2.75) is 32.9 Å². The summed E-state index contributed by atoms with van der Waals surface area (Å²) in [6.45, 7) is 6.12. The zero-order valence-electron chi connectivity index (χ0n) is 13.4. The maximum Gasteiger partial charge on any atom is 0.223 e. The van der Waals surface area contributed by atoms with E-state index in [0.29, 0.717) is 25.0 Å². The Morgan fingerprint density at radius 2 is 2.17 bits per heavy atom. The highest BCUT2D eigenvalue weighted by molar-refractivity contribution is 6.30. The summed E-state index contributed by atoms with van der Waals surface area (Å²) in [6, 6.07) is 3.88. The quantitative estimate of drug-likeness (QED) is 0.916. The van der Waals surface area contributed by atoms with Crippen molar-refractivity contribution in [3.8, 4) is 5.75 Å². The molecule has 0 aliphatic carbocycles. The van der Waals surface area contributed by atoms with Crippen molar-refractivity contribution in [1.82, 2.24) is 10.2 Å². The highest BCUT2D eigenvalue weighted by Crippen LogP contribution is 2.33. The minimum absolute atomic E-state index is 0.143. The van der Waals surface area contributed by atoms with Gasteiger partial charge in [-0.1, -0.05) is 11.6 Å². The van der Waals surface area contributed by atoms with Crippen LogP contribution in [-0.4, -0.2) is 37.2 Å². The SMILES string of the molecule is CCNC(=O)C1CCN(Cc2cc(Cl)cc3c2OCOC3)CC1. The molecule has 0 spiro atoms. The summed E-state index contributed by atoms with van der Waals surface area (Å²) in [5, 5.41) is 3.63. The monoisotopic (exact) mass is 338 g/mol. The van der Waals surface area contributed by atoms with Crippen molar-refractivity contribution < 1.29 is 14.3 Å². The molecule has 2 aliphatic rings. The van der Waals surface area contributed by atoms with E-state index < -0.39 is 0 Å². The van der Waals surface area contributed by atoms with E-state index in [1.807, 2.05) is 19.1 Å². The molecule has 0 radical (unpaired) electrons. The van der Waals surface area contributed by atoms with E-state index in [9.17, 15) is 4.79 Å².